The molecule has 0 saturated carbocycles. The molecule has 1 unspecified atom stereocenters. The zero-order chi connectivity index (χ0) is 25.0. The molecule has 1 aromatic heterocycles. The van der Waals surface area contributed by atoms with Crippen LogP contribution in [0.4, 0.5) is 10.1 Å². The molecule has 2 N–H and O–H groups in total. The van der Waals surface area contributed by atoms with E-state index < -0.39 is 12.0 Å². The number of amides is 1. The van der Waals surface area contributed by atoms with Gasteiger partial charge in [0.25, 0.3) is 0 Å². The van der Waals surface area contributed by atoms with Crippen LogP contribution in [0, 0.1) is 12.7 Å². The molecule has 0 radical (unpaired) electrons. The number of nitrogens with one attached hydrogen (secondary N) is 2. The van der Waals surface area contributed by atoms with Gasteiger partial charge in [-0.3, -0.25) is 9.59 Å². The van der Waals surface area contributed by atoms with E-state index in [9.17, 15) is 18.8 Å². The highest BCUT2D eigenvalue weighted by Gasteiger charge is 2.26. The quantitative estimate of drug-likeness (QED) is 0.453. The van der Waals surface area contributed by atoms with Crippen LogP contribution in [-0.2, 0) is 16.0 Å². The van der Waals surface area contributed by atoms with Crippen molar-refractivity contribution < 1.29 is 23.5 Å². The number of esters is 1. The molecule has 1 saturated heterocycles. The number of H-pyrrole nitrogens is 1. The first kappa shape index (κ1) is 25.4. The molecule has 3 rings (SSSR count). The van der Waals surface area contributed by atoms with E-state index >= 15 is 0 Å². The molecule has 1 atom stereocenters. The van der Waals surface area contributed by atoms with Crippen molar-refractivity contribution in [1.82, 2.24) is 15.2 Å². The minimum atomic E-state index is -0.615. The van der Waals surface area contributed by atoms with Crippen molar-refractivity contribution in [3.63, 3.8) is 0 Å². The lowest BCUT2D eigenvalue weighted by Crippen LogP contribution is -2.46. The molecule has 1 aliphatic heterocycles. The fraction of sp³-hybridized carbons (Fsp3) is 0.480. The molecule has 34 heavy (non-hydrogen) atoms. The van der Waals surface area contributed by atoms with Crippen molar-refractivity contribution >= 4 is 23.3 Å². The third-order valence-corrected chi connectivity index (χ3v) is 6.40. The Hall–Kier alpha value is -3.20. The standard InChI is InChI=1S/C25H33FN4O4/c1-6-29-9-11-30(12-10-29)21-8-7-18(26)13-19(21)16(3)27-22(32)14-20-23(25(33)34-5)15(2)24(28-20)17(4)31/h7-8,13,16,28H,6,9-12,14H2,1-5H3,(H,27,32). The van der Waals surface area contributed by atoms with Gasteiger partial charge in [0.15, 0.2) is 5.78 Å². The fourth-order valence-corrected chi connectivity index (χ4v) is 4.52. The van der Waals surface area contributed by atoms with Crippen LogP contribution in [0.15, 0.2) is 18.2 Å². The molecule has 0 bridgehead atoms. The summed E-state index contributed by atoms with van der Waals surface area (Å²) >= 11 is 0. The number of piperazine rings is 1. The summed E-state index contributed by atoms with van der Waals surface area (Å²) in [7, 11) is 1.25. The summed E-state index contributed by atoms with van der Waals surface area (Å²) in [5.74, 6) is -1.59. The molecule has 1 amide bonds. The molecular formula is C25H33FN4O4. The van der Waals surface area contributed by atoms with Gasteiger partial charge < -0.3 is 24.8 Å². The van der Waals surface area contributed by atoms with Gasteiger partial charge in [0.1, 0.15) is 5.82 Å². The first-order valence-electron chi connectivity index (χ1n) is 11.5. The number of hydrogen-bond acceptors (Lipinski definition) is 6. The van der Waals surface area contributed by atoms with Crippen LogP contribution in [0.25, 0.3) is 0 Å². The maximum Gasteiger partial charge on any atom is 0.339 e. The second-order valence-corrected chi connectivity index (χ2v) is 8.62. The van der Waals surface area contributed by atoms with Gasteiger partial charge in [-0.25, -0.2) is 9.18 Å². The molecule has 0 aliphatic carbocycles. The molecule has 1 fully saturated rings. The van der Waals surface area contributed by atoms with Crippen molar-refractivity contribution in [1.29, 1.82) is 0 Å². The Morgan fingerprint density at radius 2 is 1.88 bits per heavy atom. The molecule has 9 heteroatoms. The average molecular weight is 473 g/mol. The van der Waals surface area contributed by atoms with E-state index in [0.717, 1.165) is 38.4 Å². The molecule has 2 heterocycles. The smallest absolute Gasteiger partial charge is 0.339 e. The summed E-state index contributed by atoms with van der Waals surface area (Å²) in [6.45, 7) is 11.5. The topological polar surface area (TPSA) is 94.7 Å². The van der Waals surface area contributed by atoms with E-state index in [4.69, 9.17) is 4.74 Å². The maximum absolute atomic E-state index is 14.2. The average Bonchev–Trinajstić information content (AvgIpc) is 3.14. The summed E-state index contributed by atoms with van der Waals surface area (Å²) in [6.07, 6.45) is -0.150. The van der Waals surface area contributed by atoms with Crippen LogP contribution in [0.5, 0.6) is 0 Å². The van der Waals surface area contributed by atoms with Gasteiger partial charge in [-0.1, -0.05) is 6.92 Å². The lowest BCUT2D eigenvalue weighted by molar-refractivity contribution is -0.121. The summed E-state index contributed by atoms with van der Waals surface area (Å²) < 4.78 is 19.0. The Kier molecular flexibility index (Phi) is 8.09. The Bertz CT molecular complexity index is 1070. The Morgan fingerprint density at radius 1 is 1.21 bits per heavy atom. The number of benzene rings is 1. The first-order chi connectivity index (χ1) is 16.2. The van der Waals surface area contributed by atoms with Crippen molar-refractivity contribution in [2.24, 2.45) is 0 Å². The largest absolute Gasteiger partial charge is 0.465 e. The summed E-state index contributed by atoms with van der Waals surface area (Å²) in [6, 6.07) is 4.19. The number of anilines is 1. The number of methoxy groups -OCH3 is 1. The Labute approximate surface area is 199 Å². The number of ketones is 1. The number of carbonyl (C=O) groups is 3. The summed E-state index contributed by atoms with van der Waals surface area (Å²) in [5, 5.41) is 2.91. The van der Waals surface area contributed by atoms with E-state index in [-0.39, 0.29) is 35.2 Å². The maximum atomic E-state index is 14.2. The van der Waals surface area contributed by atoms with Gasteiger partial charge in [-0.05, 0) is 44.2 Å². The summed E-state index contributed by atoms with van der Waals surface area (Å²) in [5.41, 5.74) is 2.82. The normalized spacial score (nSPS) is 15.2. The zero-order valence-electron chi connectivity index (χ0n) is 20.5. The van der Waals surface area contributed by atoms with Crippen molar-refractivity contribution in [2.45, 2.75) is 40.2 Å². The minimum Gasteiger partial charge on any atom is -0.465 e. The number of halogens is 1. The van der Waals surface area contributed by atoms with Crippen LogP contribution < -0.4 is 10.2 Å². The highest BCUT2D eigenvalue weighted by Crippen LogP contribution is 2.29. The van der Waals surface area contributed by atoms with Crippen molar-refractivity contribution in [2.75, 3.05) is 44.7 Å². The van der Waals surface area contributed by atoms with E-state index in [1.165, 1.54) is 26.2 Å². The lowest BCUT2D eigenvalue weighted by Gasteiger charge is -2.37. The SMILES string of the molecule is CCN1CCN(c2ccc(F)cc2C(C)NC(=O)Cc2[nH]c(C(C)=O)c(C)c2C(=O)OC)CC1. The molecule has 1 aromatic carbocycles. The Balaban J connectivity index is 1.79. The van der Waals surface area contributed by atoms with Crippen LogP contribution in [-0.4, -0.2) is 67.4 Å². The van der Waals surface area contributed by atoms with Crippen molar-refractivity contribution in [3.8, 4) is 0 Å². The predicted molar refractivity (Wildman–Crippen MR) is 128 cm³/mol. The third kappa shape index (κ3) is 5.47. The number of nitrogens with zero attached hydrogens (tertiary/aromatic N) is 2. The third-order valence-electron chi connectivity index (χ3n) is 6.40. The van der Waals surface area contributed by atoms with Gasteiger partial charge >= 0.3 is 5.97 Å². The number of carbonyl (C=O) groups excluding carboxylic acids is 3. The second kappa shape index (κ2) is 10.8. The van der Waals surface area contributed by atoms with Gasteiger partial charge in [-0.2, -0.15) is 0 Å². The number of rotatable bonds is 8. The number of likely N-dealkylation sites (N-methyl/N-ethyl adjacent to an activating group) is 1. The Morgan fingerprint density at radius 3 is 2.47 bits per heavy atom. The molecule has 1 aliphatic rings. The van der Waals surface area contributed by atoms with Gasteiger partial charge in [0.2, 0.25) is 5.91 Å². The van der Waals surface area contributed by atoms with Gasteiger partial charge in [0, 0.05) is 50.0 Å². The molecule has 184 valence electrons. The highest BCUT2D eigenvalue weighted by atomic mass is 19.1. The van der Waals surface area contributed by atoms with Crippen LogP contribution in [0.2, 0.25) is 0 Å². The monoisotopic (exact) mass is 472 g/mol. The lowest BCUT2D eigenvalue weighted by atomic mass is 10.0. The molecular weight excluding hydrogens is 439 g/mol. The number of Topliss-reactive ketones (excluding diaryl/α,β-unsaturated/α-hetero) is 1. The highest BCUT2D eigenvalue weighted by molar-refractivity contribution is 6.01. The van der Waals surface area contributed by atoms with Gasteiger partial charge in [0.05, 0.1) is 30.8 Å². The van der Waals surface area contributed by atoms with E-state index in [1.807, 2.05) is 0 Å². The second-order valence-electron chi connectivity index (χ2n) is 8.62. The van der Waals surface area contributed by atoms with Crippen LogP contribution >= 0.6 is 0 Å². The number of aromatic nitrogens is 1. The fourth-order valence-electron chi connectivity index (χ4n) is 4.52. The molecule has 2 aromatic rings. The first-order valence-corrected chi connectivity index (χ1v) is 11.5. The van der Waals surface area contributed by atoms with Crippen LogP contribution in [0.1, 0.15) is 64.5 Å². The van der Waals surface area contributed by atoms with Gasteiger partial charge in [-0.15, -0.1) is 0 Å². The summed E-state index contributed by atoms with van der Waals surface area (Å²) in [4.78, 5) is 44.6. The minimum absolute atomic E-state index is 0.150. The predicted octanol–water partition coefficient (Wildman–Crippen LogP) is 3.01. The number of aromatic amines is 1. The molecule has 8 nitrogen and oxygen atoms in total. The number of ether oxygens (including phenoxy) is 1. The molecule has 0 spiro atoms. The van der Waals surface area contributed by atoms with E-state index in [1.54, 1.807) is 19.9 Å². The van der Waals surface area contributed by atoms with E-state index in [0.29, 0.717) is 16.8 Å². The van der Waals surface area contributed by atoms with Crippen molar-refractivity contribution in [3.05, 3.63) is 52.1 Å². The van der Waals surface area contributed by atoms with Crippen LogP contribution in [0.3, 0.4) is 0 Å². The van der Waals surface area contributed by atoms with E-state index in [2.05, 4.69) is 27.0 Å². The number of hydrogen-bond donors (Lipinski definition) is 2. The zero-order valence-corrected chi connectivity index (χ0v) is 20.5.